The van der Waals surface area contributed by atoms with Crippen LogP contribution in [0, 0.1) is 6.92 Å². The van der Waals surface area contributed by atoms with Crippen LogP contribution in [0.25, 0.3) is 0 Å². The van der Waals surface area contributed by atoms with Crippen LogP contribution in [0.3, 0.4) is 0 Å². The molecule has 3 rings (SSSR count). The summed E-state index contributed by atoms with van der Waals surface area (Å²) < 4.78 is 5.20. The van der Waals surface area contributed by atoms with Gasteiger partial charge >= 0.3 is 0 Å². The molecule has 146 valence electrons. The SMILES string of the molecule is COc1ccc(CCNc2cc(C)nc(Nc3cccc(N(C)C)c3)n2)cc1. The molecule has 0 atom stereocenters. The lowest BCUT2D eigenvalue weighted by molar-refractivity contribution is 0.414. The number of nitrogens with one attached hydrogen (secondary N) is 2. The first-order valence-electron chi connectivity index (χ1n) is 9.30. The summed E-state index contributed by atoms with van der Waals surface area (Å²) in [4.78, 5) is 11.2. The summed E-state index contributed by atoms with van der Waals surface area (Å²) in [6.45, 7) is 2.76. The van der Waals surface area contributed by atoms with Gasteiger partial charge in [-0.3, -0.25) is 0 Å². The molecular weight excluding hydrogens is 350 g/mol. The summed E-state index contributed by atoms with van der Waals surface area (Å²) in [7, 11) is 5.72. The van der Waals surface area contributed by atoms with Crippen LogP contribution >= 0.6 is 0 Å². The number of methoxy groups -OCH3 is 1. The van der Waals surface area contributed by atoms with E-state index >= 15 is 0 Å². The van der Waals surface area contributed by atoms with Crippen molar-refractivity contribution in [2.75, 3.05) is 43.3 Å². The molecule has 1 heterocycles. The maximum absolute atomic E-state index is 5.20. The summed E-state index contributed by atoms with van der Waals surface area (Å²) in [6, 6.07) is 18.2. The van der Waals surface area contributed by atoms with E-state index in [0.29, 0.717) is 5.95 Å². The van der Waals surface area contributed by atoms with Crippen molar-refractivity contribution in [3.63, 3.8) is 0 Å². The first-order valence-corrected chi connectivity index (χ1v) is 9.30. The fourth-order valence-electron chi connectivity index (χ4n) is 2.83. The van der Waals surface area contributed by atoms with Crippen LogP contribution in [0.4, 0.5) is 23.1 Å². The Morgan fingerprint density at radius 3 is 2.50 bits per heavy atom. The van der Waals surface area contributed by atoms with Gasteiger partial charge in [0.25, 0.3) is 0 Å². The number of ether oxygens (including phenoxy) is 1. The Bertz CT molecular complexity index is 909. The van der Waals surface area contributed by atoms with Crippen molar-refractivity contribution in [3.05, 3.63) is 65.9 Å². The van der Waals surface area contributed by atoms with Crippen LogP contribution < -0.4 is 20.3 Å². The third-order valence-corrected chi connectivity index (χ3v) is 4.35. The van der Waals surface area contributed by atoms with Crippen LogP contribution in [0.1, 0.15) is 11.3 Å². The highest BCUT2D eigenvalue weighted by Gasteiger charge is 2.05. The Kier molecular flexibility index (Phi) is 6.32. The topological polar surface area (TPSA) is 62.3 Å². The van der Waals surface area contributed by atoms with E-state index in [4.69, 9.17) is 4.74 Å². The molecule has 0 radical (unpaired) electrons. The minimum Gasteiger partial charge on any atom is -0.497 e. The van der Waals surface area contributed by atoms with E-state index in [1.807, 2.05) is 51.4 Å². The molecule has 0 unspecified atom stereocenters. The Morgan fingerprint density at radius 2 is 1.79 bits per heavy atom. The summed E-state index contributed by atoms with van der Waals surface area (Å²) in [5, 5.41) is 6.69. The molecule has 28 heavy (non-hydrogen) atoms. The third-order valence-electron chi connectivity index (χ3n) is 4.35. The number of hydrogen-bond acceptors (Lipinski definition) is 6. The second kappa shape index (κ2) is 9.08. The van der Waals surface area contributed by atoms with Gasteiger partial charge in [-0.2, -0.15) is 4.98 Å². The van der Waals surface area contributed by atoms with Crippen molar-refractivity contribution >= 4 is 23.1 Å². The molecule has 0 fully saturated rings. The number of benzene rings is 2. The van der Waals surface area contributed by atoms with E-state index in [-0.39, 0.29) is 0 Å². The summed E-state index contributed by atoms with van der Waals surface area (Å²) in [6.07, 6.45) is 0.903. The van der Waals surface area contributed by atoms with Gasteiger partial charge < -0.3 is 20.3 Å². The molecule has 3 aromatic rings. The minimum atomic E-state index is 0.586. The maximum atomic E-state index is 5.20. The lowest BCUT2D eigenvalue weighted by atomic mass is 10.1. The van der Waals surface area contributed by atoms with Gasteiger partial charge in [0.15, 0.2) is 0 Å². The number of anilines is 4. The van der Waals surface area contributed by atoms with E-state index in [2.05, 4.69) is 49.8 Å². The molecule has 0 bridgehead atoms. The molecule has 6 nitrogen and oxygen atoms in total. The normalized spacial score (nSPS) is 10.4. The molecular formula is C22H27N5O. The summed E-state index contributed by atoms with van der Waals surface area (Å²) in [5.41, 5.74) is 4.24. The number of nitrogens with zero attached hydrogens (tertiary/aromatic N) is 3. The molecule has 0 aliphatic heterocycles. The van der Waals surface area contributed by atoms with Gasteiger partial charge in [0.05, 0.1) is 7.11 Å². The molecule has 0 saturated heterocycles. The zero-order valence-electron chi connectivity index (χ0n) is 16.9. The average Bonchev–Trinajstić information content (AvgIpc) is 2.68. The molecule has 0 aliphatic rings. The Balaban J connectivity index is 1.63. The number of aryl methyl sites for hydroxylation is 1. The largest absolute Gasteiger partial charge is 0.497 e. The van der Waals surface area contributed by atoms with Gasteiger partial charge in [0, 0.05) is 43.8 Å². The number of hydrogen-bond donors (Lipinski definition) is 2. The maximum Gasteiger partial charge on any atom is 0.229 e. The highest BCUT2D eigenvalue weighted by Crippen LogP contribution is 2.21. The number of rotatable bonds is 8. The van der Waals surface area contributed by atoms with Gasteiger partial charge in [-0.1, -0.05) is 18.2 Å². The molecule has 0 amide bonds. The van der Waals surface area contributed by atoms with Crippen molar-refractivity contribution in [2.24, 2.45) is 0 Å². The minimum absolute atomic E-state index is 0.586. The average molecular weight is 377 g/mol. The van der Waals surface area contributed by atoms with Crippen molar-refractivity contribution in [1.82, 2.24) is 9.97 Å². The van der Waals surface area contributed by atoms with Crippen LogP contribution in [0.15, 0.2) is 54.6 Å². The fourth-order valence-corrected chi connectivity index (χ4v) is 2.83. The Hall–Kier alpha value is -3.28. The highest BCUT2D eigenvalue weighted by molar-refractivity contribution is 5.62. The predicted molar refractivity (Wildman–Crippen MR) is 116 cm³/mol. The fraction of sp³-hybridized carbons (Fsp3) is 0.273. The number of aromatic nitrogens is 2. The van der Waals surface area contributed by atoms with Crippen LogP contribution in [-0.4, -0.2) is 37.7 Å². The highest BCUT2D eigenvalue weighted by atomic mass is 16.5. The monoisotopic (exact) mass is 377 g/mol. The van der Waals surface area contributed by atoms with Gasteiger partial charge in [0.1, 0.15) is 11.6 Å². The van der Waals surface area contributed by atoms with E-state index in [1.165, 1.54) is 5.56 Å². The zero-order chi connectivity index (χ0) is 19.9. The third kappa shape index (κ3) is 5.36. The summed E-state index contributed by atoms with van der Waals surface area (Å²) >= 11 is 0. The van der Waals surface area contributed by atoms with E-state index < -0.39 is 0 Å². The molecule has 2 N–H and O–H groups in total. The molecule has 1 aromatic heterocycles. The van der Waals surface area contributed by atoms with Crippen molar-refractivity contribution < 1.29 is 4.74 Å². The first-order chi connectivity index (χ1) is 13.5. The second-order valence-corrected chi connectivity index (χ2v) is 6.81. The lowest BCUT2D eigenvalue weighted by Gasteiger charge is -2.14. The lowest BCUT2D eigenvalue weighted by Crippen LogP contribution is -2.10. The molecule has 0 aliphatic carbocycles. The van der Waals surface area contributed by atoms with E-state index in [0.717, 1.165) is 41.6 Å². The quantitative estimate of drug-likeness (QED) is 0.612. The van der Waals surface area contributed by atoms with Gasteiger partial charge in [-0.25, -0.2) is 4.98 Å². The molecule has 6 heteroatoms. The van der Waals surface area contributed by atoms with Crippen molar-refractivity contribution in [3.8, 4) is 5.75 Å². The van der Waals surface area contributed by atoms with Gasteiger partial charge in [-0.15, -0.1) is 0 Å². The van der Waals surface area contributed by atoms with Crippen LogP contribution in [0.5, 0.6) is 5.75 Å². The smallest absolute Gasteiger partial charge is 0.229 e. The van der Waals surface area contributed by atoms with Crippen LogP contribution in [0.2, 0.25) is 0 Å². The zero-order valence-corrected chi connectivity index (χ0v) is 16.9. The molecule has 2 aromatic carbocycles. The van der Waals surface area contributed by atoms with Crippen molar-refractivity contribution in [2.45, 2.75) is 13.3 Å². The Labute approximate surface area is 166 Å². The molecule has 0 saturated carbocycles. The van der Waals surface area contributed by atoms with Crippen molar-refractivity contribution in [1.29, 1.82) is 0 Å². The van der Waals surface area contributed by atoms with E-state index in [9.17, 15) is 0 Å². The second-order valence-electron chi connectivity index (χ2n) is 6.81. The standard InChI is InChI=1S/C22H27N5O/c1-16-14-21(23-13-12-17-8-10-20(28-4)11-9-17)26-22(24-16)25-18-6-5-7-19(15-18)27(2)3/h5-11,14-15H,12-13H2,1-4H3,(H2,23,24,25,26). The van der Waals surface area contributed by atoms with E-state index in [1.54, 1.807) is 7.11 Å². The Morgan fingerprint density at radius 1 is 1.00 bits per heavy atom. The summed E-state index contributed by atoms with van der Waals surface area (Å²) in [5.74, 6) is 2.27. The van der Waals surface area contributed by atoms with Gasteiger partial charge in [-0.05, 0) is 49.2 Å². The van der Waals surface area contributed by atoms with Crippen LogP contribution in [-0.2, 0) is 6.42 Å². The first kappa shape index (κ1) is 19.5. The van der Waals surface area contributed by atoms with Gasteiger partial charge in [0.2, 0.25) is 5.95 Å². The predicted octanol–water partition coefficient (Wildman–Crippen LogP) is 4.26. The molecule has 0 spiro atoms.